The minimum atomic E-state index is -0.632. The van der Waals surface area contributed by atoms with Crippen LogP contribution in [0.3, 0.4) is 0 Å². The van der Waals surface area contributed by atoms with E-state index in [2.05, 4.69) is 9.72 Å². The predicted molar refractivity (Wildman–Crippen MR) is 68.9 cm³/mol. The molecule has 7 heteroatoms. The van der Waals surface area contributed by atoms with Crippen LogP contribution in [-0.4, -0.2) is 40.7 Å². The van der Waals surface area contributed by atoms with Crippen molar-refractivity contribution in [2.45, 2.75) is 0 Å². The van der Waals surface area contributed by atoms with E-state index in [-0.39, 0.29) is 11.4 Å². The number of aromatic nitrogens is 1. The number of imide groups is 1. The number of ether oxygens (including phenoxy) is 1. The molecule has 1 aromatic rings. The van der Waals surface area contributed by atoms with Crippen LogP contribution in [0.25, 0.3) is 6.08 Å². The summed E-state index contributed by atoms with van der Waals surface area (Å²) < 4.78 is 4.44. The van der Waals surface area contributed by atoms with Gasteiger partial charge >= 0.3 is 5.97 Å². The van der Waals surface area contributed by atoms with Gasteiger partial charge in [-0.2, -0.15) is 0 Å². The summed E-state index contributed by atoms with van der Waals surface area (Å²) in [5.41, 5.74) is 0.763. The second-order valence-electron chi connectivity index (χ2n) is 3.62. The molecule has 0 aromatic carbocycles. The monoisotopic (exact) mass is 278 g/mol. The molecular weight excluding hydrogens is 268 g/mol. The second-order valence-corrected chi connectivity index (χ2v) is 4.62. The van der Waals surface area contributed by atoms with Gasteiger partial charge in [0.15, 0.2) is 0 Å². The van der Waals surface area contributed by atoms with E-state index < -0.39 is 17.1 Å². The van der Waals surface area contributed by atoms with Crippen LogP contribution in [0, 0.1) is 0 Å². The van der Waals surface area contributed by atoms with Gasteiger partial charge in [-0.3, -0.25) is 24.3 Å². The van der Waals surface area contributed by atoms with Gasteiger partial charge in [-0.25, -0.2) is 0 Å². The highest BCUT2D eigenvalue weighted by Gasteiger charge is 2.36. The van der Waals surface area contributed by atoms with Crippen molar-refractivity contribution in [3.05, 3.63) is 35.0 Å². The molecule has 1 aromatic heterocycles. The smallest absolute Gasteiger partial charge is 0.325 e. The lowest BCUT2D eigenvalue weighted by molar-refractivity contribution is -0.143. The van der Waals surface area contributed by atoms with Gasteiger partial charge in [0.05, 0.1) is 12.0 Å². The zero-order valence-corrected chi connectivity index (χ0v) is 10.8. The molecule has 0 bridgehead atoms. The molecule has 1 fully saturated rings. The Labute approximate surface area is 113 Å². The van der Waals surface area contributed by atoms with Crippen LogP contribution >= 0.6 is 11.8 Å². The maximum Gasteiger partial charge on any atom is 0.325 e. The molecule has 0 spiro atoms. The van der Waals surface area contributed by atoms with Gasteiger partial charge in [0.1, 0.15) is 6.54 Å². The summed E-state index contributed by atoms with van der Waals surface area (Å²) >= 11 is 0.799. The van der Waals surface area contributed by atoms with E-state index in [1.807, 2.05) is 0 Å². The number of carbonyl (C=O) groups excluding carboxylic acids is 3. The first kappa shape index (κ1) is 13.3. The van der Waals surface area contributed by atoms with E-state index in [1.54, 1.807) is 30.6 Å². The molecule has 19 heavy (non-hydrogen) atoms. The topological polar surface area (TPSA) is 76.6 Å². The normalized spacial score (nSPS) is 17.1. The minimum Gasteiger partial charge on any atom is -0.468 e. The Bertz CT molecular complexity index is 556. The van der Waals surface area contributed by atoms with Crippen molar-refractivity contribution >= 4 is 35.0 Å². The van der Waals surface area contributed by atoms with Crippen molar-refractivity contribution in [3.63, 3.8) is 0 Å². The largest absolute Gasteiger partial charge is 0.468 e. The summed E-state index contributed by atoms with van der Waals surface area (Å²) in [7, 11) is 1.20. The van der Waals surface area contributed by atoms with Gasteiger partial charge < -0.3 is 4.74 Å². The lowest BCUT2D eigenvalue weighted by Gasteiger charge is -2.09. The summed E-state index contributed by atoms with van der Waals surface area (Å²) in [5, 5.41) is -0.476. The highest BCUT2D eigenvalue weighted by Crippen LogP contribution is 2.31. The zero-order chi connectivity index (χ0) is 13.8. The van der Waals surface area contributed by atoms with Crippen LogP contribution in [-0.2, 0) is 14.3 Å². The van der Waals surface area contributed by atoms with E-state index in [0.717, 1.165) is 22.2 Å². The highest BCUT2D eigenvalue weighted by molar-refractivity contribution is 8.18. The lowest BCUT2D eigenvalue weighted by atomic mass is 10.2. The van der Waals surface area contributed by atoms with Gasteiger partial charge in [0, 0.05) is 12.4 Å². The van der Waals surface area contributed by atoms with Crippen molar-refractivity contribution in [3.8, 4) is 0 Å². The van der Waals surface area contributed by atoms with Gasteiger partial charge in [-0.15, -0.1) is 0 Å². The summed E-state index contributed by atoms with van der Waals surface area (Å²) in [6.07, 6.45) is 4.76. The second kappa shape index (κ2) is 5.66. The Balaban J connectivity index is 2.18. The van der Waals surface area contributed by atoms with Crippen LogP contribution in [0.4, 0.5) is 4.79 Å². The number of nitrogens with zero attached hydrogens (tertiary/aromatic N) is 2. The SMILES string of the molecule is COC(=O)CN1C(=O)S/C(=C\c2ccncc2)C1=O. The molecule has 6 nitrogen and oxygen atoms in total. The molecule has 0 atom stereocenters. The Kier molecular flexibility index (Phi) is 3.96. The van der Waals surface area contributed by atoms with Crippen molar-refractivity contribution in [1.82, 2.24) is 9.88 Å². The van der Waals surface area contributed by atoms with Crippen LogP contribution < -0.4 is 0 Å². The first-order valence-electron chi connectivity index (χ1n) is 5.34. The molecule has 0 radical (unpaired) electrons. The summed E-state index contributed by atoms with van der Waals surface area (Å²) in [4.78, 5) is 39.7. The van der Waals surface area contributed by atoms with E-state index in [0.29, 0.717) is 0 Å². The number of pyridine rings is 1. The molecule has 2 heterocycles. The number of thioether (sulfide) groups is 1. The number of hydrogen-bond donors (Lipinski definition) is 0. The fourth-order valence-corrected chi connectivity index (χ4v) is 2.28. The van der Waals surface area contributed by atoms with Gasteiger partial charge in [-0.1, -0.05) is 0 Å². The van der Waals surface area contributed by atoms with Gasteiger partial charge in [-0.05, 0) is 35.5 Å². The maximum absolute atomic E-state index is 12.0. The number of esters is 1. The first-order valence-corrected chi connectivity index (χ1v) is 6.15. The Hall–Kier alpha value is -2.15. The number of rotatable bonds is 3. The Morgan fingerprint density at radius 1 is 1.42 bits per heavy atom. The molecule has 1 saturated heterocycles. The molecule has 0 aliphatic carbocycles. The molecule has 0 unspecified atom stereocenters. The number of hydrogen-bond acceptors (Lipinski definition) is 6. The third kappa shape index (κ3) is 3.00. The molecule has 1 aliphatic rings. The minimum absolute atomic E-state index is 0.278. The summed E-state index contributed by atoms with van der Waals surface area (Å²) in [5.74, 6) is -1.12. The standard InChI is InChI=1S/C12H10N2O4S/c1-18-10(15)7-14-11(16)9(19-12(14)17)6-8-2-4-13-5-3-8/h2-6H,7H2,1H3/b9-6-. The van der Waals surface area contributed by atoms with E-state index in [4.69, 9.17) is 0 Å². The third-order valence-electron chi connectivity index (χ3n) is 2.39. The molecule has 0 saturated carbocycles. The third-order valence-corrected chi connectivity index (χ3v) is 3.30. The quantitative estimate of drug-likeness (QED) is 0.612. The summed E-state index contributed by atoms with van der Waals surface area (Å²) in [6, 6.07) is 3.43. The average Bonchev–Trinajstić information content (AvgIpc) is 2.67. The number of carbonyl (C=O) groups is 3. The molecule has 2 amide bonds. The zero-order valence-electron chi connectivity index (χ0n) is 10.0. The van der Waals surface area contributed by atoms with Crippen LogP contribution in [0.5, 0.6) is 0 Å². The molecule has 2 rings (SSSR count). The lowest BCUT2D eigenvalue weighted by Crippen LogP contribution is -2.34. The van der Waals surface area contributed by atoms with E-state index in [1.165, 1.54) is 7.11 Å². The van der Waals surface area contributed by atoms with E-state index >= 15 is 0 Å². The molecule has 0 N–H and O–H groups in total. The van der Waals surface area contributed by atoms with Crippen molar-refractivity contribution in [2.75, 3.05) is 13.7 Å². The van der Waals surface area contributed by atoms with Crippen molar-refractivity contribution < 1.29 is 19.1 Å². The van der Waals surface area contributed by atoms with Gasteiger partial charge in [0.2, 0.25) is 0 Å². The fourth-order valence-electron chi connectivity index (χ4n) is 1.44. The maximum atomic E-state index is 12.0. The average molecular weight is 278 g/mol. The molecular formula is C12H10N2O4S. The highest BCUT2D eigenvalue weighted by atomic mass is 32.2. The molecule has 98 valence electrons. The number of amides is 2. The Morgan fingerprint density at radius 2 is 2.11 bits per heavy atom. The van der Waals surface area contributed by atoms with E-state index in [9.17, 15) is 14.4 Å². The number of methoxy groups -OCH3 is 1. The predicted octanol–water partition coefficient (Wildman–Crippen LogP) is 1.29. The van der Waals surface area contributed by atoms with Crippen molar-refractivity contribution in [1.29, 1.82) is 0 Å². The fraction of sp³-hybridized carbons (Fsp3) is 0.167. The van der Waals surface area contributed by atoms with Crippen LogP contribution in [0.1, 0.15) is 5.56 Å². The molecule has 1 aliphatic heterocycles. The van der Waals surface area contributed by atoms with Crippen molar-refractivity contribution in [2.24, 2.45) is 0 Å². The Morgan fingerprint density at radius 3 is 2.74 bits per heavy atom. The first-order chi connectivity index (χ1) is 9.11. The van der Waals surface area contributed by atoms with Gasteiger partial charge in [0.25, 0.3) is 11.1 Å². The van der Waals surface area contributed by atoms with Crippen LogP contribution in [0.15, 0.2) is 29.4 Å². The summed E-state index contributed by atoms with van der Waals surface area (Å²) in [6.45, 7) is -0.366. The van der Waals surface area contributed by atoms with Crippen LogP contribution in [0.2, 0.25) is 0 Å².